The predicted octanol–water partition coefficient (Wildman–Crippen LogP) is 2.02. The predicted molar refractivity (Wildman–Crippen MR) is 96.7 cm³/mol. The molecule has 2 fully saturated rings. The number of fused-ring (bicyclic) bond motifs is 1. The van der Waals surface area contributed by atoms with Crippen molar-refractivity contribution < 1.29 is 9.53 Å². The molecule has 4 heterocycles. The third kappa shape index (κ3) is 3.67. The first kappa shape index (κ1) is 16.5. The fraction of sp³-hybridized carbons (Fsp3) is 0.500. The normalized spacial score (nSPS) is 25.6. The second kappa shape index (κ2) is 7.49. The zero-order chi connectivity index (χ0) is 17.1. The van der Waals surface area contributed by atoms with E-state index in [2.05, 4.69) is 31.6 Å². The molecule has 2 aliphatic rings. The van der Waals surface area contributed by atoms with Crippen molar-refractivity contribution in [3.63, 3.8) is 0 Å². The SMILES string of the molecule is O=C(NCCc1cccs1)[C@@H]1CC[C@@H]2[C@@H](CCN2c2ncccn2)O1. The van der Waals surface area contributed by atoms with Gasteiger partial charge in [-0.15, -0.1) is 11.3 Å². The van der Waals surface area contributed by atoms with E-state index in [4.69, 9.17) is 4.74 Å². The summed E-state index contributed by atoms with van der Waals surface area (Å²) in [4.78, 5) is 24.6. The number of aromatic nitrogens is 2. The topological polar surface area (TPSA) is 67.4 Å². The zero-order valence-electron chi connectivity index (χ0n) is 14.0. The molecule has 0 aromatic carbocycles. The van der Waals surface area contributed by atoms with Crippen LogP contribution in [-0.2, 0) is 16.0 Å². The molecule has 4 rings (SSSR count). The Morgan fingerprint density at radius 2 is 2.16 bits per heavy atom. The largest absolute Gasteiger partial charge is 0.363 e. The smallest absolute Gasteiger partial charge is 0.249 e. The van der Waals surface area contributed by atoms with Gasteiger partial charge in [0.25, 0.3) is 0 Å². The van der Waals surface area contributed by atoms with E-state index in [-0.39, 0.29) is 24.2 Å². The molecule has 1 amide bonds. The van der Waals surface area contributed by atoms with Crippen LogP contribution in [0.5, 0.6) is 0 Å². The maximum absolute atomic E-state index is 12.4. The Hall–Kier alpha value is -1.99. The average molecular weight is 358 g/mol. The van der Waals surface area contributed by atoms with Crippen molar-refractivity contribution in [2.45, 2.75) is 43.9 Å². The van der Waals surface area contributed by atoms with E-state index in [1.807, 2.05) is 12.1 Å². The summed E-state index contributed by atoms with van der Waals surface area (Å²) in [6.45, 7) is 1.54. The van der Waals surface area contributed by atoms with Crippen molar-refractivity contribution in [1.82, 2.24) is 15.3 Å². The number of ether oxygens (including phenoxy) is 1. The summed E-state index contributed by atoms with van der Waals surface area (Å²) >= 11 is 1.72. The van der Waals surface area contributed by atoms with Crippen LogP contribution in [0.25, 0.3) is 0 Å². The summed E-state index contributed by atoms with van der Waals surface area (Å²) in [5.74, 6) is 0.780. The third-order valence-electron chi connectivity index (χ3n) is 4.90. The molecule has 3 atom stereocenters. The lowest BCUT2D eigenvalue weighted by molar-refractivity contribution is -0.141. The maximum atomic E-state index is 12.4. The Bertz CT molecular complexity index is 694. The number of carbonyl (C=O) groups excluding carboxylic acids is 1. The first-order chi connectivity index (χ1) is 12.3. The Kier molecular flexibility index (Phi) is 4.94. The lowest BCUT2D eigenvalue weighted by Gasteiger charge is -2.35. The molecular formula is C18H22N4O2S. The van der Waals surface area contributed by atoms with Crippen LogP contribution in [-0.4, -0.2) is 47.2 Å². The Morgan fingerprint density at radius 1 is 1.28 bits per heavy atom. The molecule has 2 aliphatic heterocycles. The number of nitrogens with one attached hydrogen (secondary N) is 1. The summed E-state index contributed by atoms with van der Waals surface area (Å²) in [6.07, 6.45) is 6.77. The molecule has 2 aromatic rings. The number of amides is 1. The number of rotatable bonds is 5. The highest BCUT2D eigenvalue weighted by Gasteiger charge is 2.42. The molecule has 132 valence electrons. The lowest BCUT2D eigenvalue weighted by Crippen LogP contribution is -2.48. The fourth-order valence-electron chi connectivity index (χ4n) is 3.69. The number of carbonyl (C=O) groups is 1. The van der Waals surface area contributed by atoms with Gasteiger partial charge in [-0.2, -0.15) is 0 Å². The van der Waals surface area contributed by atoms with Crippen molar-refractivity contribution in [2.75, 3.05) is 18.0 Å². The monoisotopic (exact) mass is 358 g/mol. The fourth-order valence-corrected chi connectivity index (χ4v) is 4.39. The minimum Gasteiger partial charge on any atom is -0.363 e. The van der Waals surface area contributed by atoms with Gasteiger partial charge < -0.3 is 15.0 Å². The summed E-state index contributed by atoms with van der Waals surface area (Å²) < 4.78 is 6.10. The van der Waals surface area contributed by atoms with Gasteiger partial charge in [-0.05, 0) is 43.2 Å². The summed E-state index contributed by atoms with van der Waals surface area (Å²) in [6, 6.07) is 6.23. The highest BCUT2D eigenvalue weighted by Crippen LogP contribution is 2.33. The summed E-state index contributed by atoms with van der Waals surface area (Å²) in [7, 11) is 0. The van der Waals surface area contributed by atoms with Crippen molar-refractivity contribution in [2.24, 2.45) is 0 Å². The van der Waals surface area contributed by atoms with E-state index in [0.717, 1.165) is 38.2 Å². The molecule has 0 bridgehead atoms. The van der Waals surface area contributed by atoms with Gasteiger partial charge in [0.15, 0.2) is 0 Å². The van der Waals surface area contributed by atoms with Crippen molar-refractivity contribution in [3.8, 4) is 0 Å². The number of anilines is 1. The van der Waals surface area contributed by atoms with Crippen LogP contribution >= 0.6 is 11.3 Å². The molecule has 0 saturated carbocycles. The lowest BCUT2D eigenvalue weighted by atomic mass is 9.98. The Morgan fingerprint density at radius 3 is 2.96 bits per heavy atom. The highest BCUT2D eigenvalue weighted by molar-refractivity contribution is 7.09. The standard InChI is InChI=1S/C18H22N4O2S/c23-17(19-10-6-13-3-1-12-25-13)16-5-4-14-15(24-16)7-11-22(14)18-20-8-2-9-21-18/h1-3,8-9,12,14-16H,4-7,10-11H2,(H,19,23)/t14-,15-,16+/m1/s1. The van der Waals surface area contributed by atoms with E-state index in [1.165, 1.54) is 4.88 Å². The zero-order valence-corrected chi connectivity index (χ0v) is 14.8. The van der Waals surface area contributed by atoms with Crippen molar-refractivity contribution in [1.29, 1.82) is 0 Å². The van der Waals surface area contributed by atoms with Gasteiger partial charge in [0.1, 0.15) is 6.10 Å². The average Bonchev–Trinajstić information content (AvgIpc) is 3.31. The molecule has 1 N–H and O–H groups in total. The van der Waals surface area contributed by atoms with E-state index >= 15 is 0 Å². The first-order valence-corrected chi connectivity index (χ1v) is 9.68. The van der Waals surface area contributed by atoms with E-state index in [0.29, 0.717) is 6.54 Å². The van der Waals surface area contributed by atoms with Gasteiger partial charge in [-0.1, -0.05) is 6.07 Å². The number of hydrogen-bond donors (Lipinski definition) is 1. The number of hydrogen-bond acceptors (Lipinski definition) is 6. The van der Waals surface area contributed by atoms with Gasteiger partial charge in [0.05, 0.1) is 12.1 Å². The number of thiophene rings is 1. The third-order valence-corrected chi connectivity index (χ3v) is 5.84. The maximum Gasteiger partial charge on any atom is 0.249 e. The van der Waals surface area contributed by atoms with Gasteiger partial charge in [0.2, 0.25) is 11.9 Å². The minimum atomic E-state index is -0.332. The quantitative estimate of drug-likeness (QED) is 0.886. The molecule has 2 aromatic heterocycles. The van der Waals surface area contributed by atoms with Gasteiger partial charge in [-0.3, -0.25) is 4.79 Å². The molecule has 0 radical (unpaired) electrons. The molecule has 0 aliphatic carbocycles. The van der Waals surface area contributed by atoms with Crippen molar-refractivity contribution >= 4 is 23.2 Å². The Labute approximate surface area is 151 Å². The number of nitrogens with zero attached hydrogens (tertiary/aromatic N) is 3. The van der Waals surface area contributed by atoms with Crippen LogP contribution in [0.3, 0.4) is 0 Å². The van der Waals surface area contributed by atoms with Crippen LogP contribution in [0.1, 0.15) is 24.1 Å². The van der Waals surface area contributed by atoms with E-state index < -0.39 is 0 Å². The summed E-state index contributed by atoms with van der Waals surface area (Å²) in [5.41, 5.74) is 0. The van der Waals surface area contributed by atoms with E-state index in [1.54, 1.807) is 23.7 Å². The minimum absolute atomic E-state index is 0.0180. The molecule has 0 spiro atoms. The molecule has 25 heavy (non-hydrogen) atoms. The second-order valence-electron chi connectivity index (χ2n) is 6.46. The van der Waals surface area contributed by atoms with Crippen LogP contribution in [0.4, 0.5) is 5.95 Å². The van der Waals surface area contributed by atoms with Crippen molar-refractivity contribution in [3.05, 3.63) is 40.8 Å². The van der Waals surface area contributed by atoms with Crippen LogP contribution < -0.4 is 10.2 Å². The van der Waals surface area contributed by atoms with Gasteiger partial charge in [-0.25, -0.2) is 9.97 Å². The van der Waals surface area contributed by atoms with Crippen LogP contribution in [0.15, 0.2) is 36.0 Å². The summed E-state index contributed by atoms with van der Waals surface area (Å²) in [5, 5.41) is 5.08. The molecule has 7 heteroatoms. The van der Waals surface area contributed by atoms with Gasteiger partial charge >= 0.3 is 0 Å². The second-order valence-corrected chi connectivity index (χ2v) is 7.49. The Balaban J connectivity index is 1.29. The molecule has 6 nitrogen and oxygen atoms in total. The molecular weight excluding hydrogens is 336 g/mol. The van der Waals surface area contributed by atoms with E-state index in [9.17, 15) is 4.79 Å². The highest BCUT2D eigenvalue weighted by atomic mass is 32.1. The van der Waals surface area contributed by atoms with Crippen LogP contribution in [0, 0.1) is 0 Å². The van der Waals surface area contributed by atoms with Crippen LogP contribution in [0.2, 0.25) is 0 Å². The van der Waals surface area contributed by atoms with Gasteiger partial charge in [0, 0.05) is 30.4 Å². The molecule has 0 unspecified atom stereocenters. The molecule has 2 saturated heterocycles. The first-order valence-electron chi connectivity index (χ1n) is 8.80.